The first-order valence-corrected chi connectivity index (χ1v) is 9.79. The van der Waals surface area contributed by atoms with Gasteiger partial charge in [-0.25, -0.2) is 0 Å². The van der Waals surface area contributed by atoms with Crippen LogP contribution in [0.25, 0.3) is 0 Å². The van der Waals surface area contributed by atoms with Gasteiger partial charge >= 0.3 is 0 Å². The van der Waals surface area contributed by atoms with Crippen molar-refractivity contribution in [1.82, 2.24) is 4.90 Å². The summed E-state index contributed by atoms with van der Waals surface area (Å²) in [6, 6.07) is 10.3. The third-order valence-electron chi connectivity index (χ3n) is 7.57. The van der Waals surface area contributed by atoms with Crippen molar-refractivity contribution >= 4 is 11.7 Å². The highest BCUT2D eigenvalue weighted by Gasteiger charge is 2.75. The Kier molecular flexibility index (Phi) is 3.09. The molecule has 132 valence electrons. The molecule has 3 aliphatic carbocycles. The molecular formula is C22H27NO2. The van der Waals surface area contributed by atoms with E-state index in [4.69, 9.17) is 0 Å². The molecule has 4 aliphatic rings. The number of rotatable bonds is 2. The van der Waals surface area contributed by atoms with E-state index in [0.717, 1.165) is 19.3 Å². The third kappa shape index (κ3) is 1.98. The Bertz CT molecular complexity index is 740. The van der Waals surface area contributed by atoms with E-state index >= 15 is 0 Å². The van der Waals surface area contributed by atoms with Gasteiger partial charge in [-0.2, -0.15) is 0 Å². The van der Waals surface area contributed by atoms with Gasteiger partial charge in [0, 0.05) is 25.3 Å². The van der Waals surface area contributed by atoms with Gasteiger partial charge in [-0.1, -0.05) is 44.2 Å². The Morgan fingerprint density at radius 2 is 1.88 bits per heavy atom. The van der Waals surface area contributed by atoms with Crippen LogP contribution in [0, 0.1) is 29.1 Å². The minimum absolute atomic E-state index is 0.00173. The SMILES string of the molecule is CC1(C)CC(=O)[C@@H]2[C@H]3CCC4CC(=O)N(Cc5ccccc5)[C@]2(C1)[C@H]43. The van der Waals surface area contributed by atoms with Crippen molar-refractivity contribution in [3.05, 3.63) is 35.9 Å². The fraction of sp³-hybridized carbons (Fsp3) is 0.636. The average Bonchev–Trinajstić information content (AvgIpc) is 2.90. The number of ketones is 1. The Labute approximate surface area is 149 Å². The van der Waals surface area contributed by atoms with E-state index in [9.17, 15) is 9.59 Å². The van der Waals surface area contributed by atoms with E-state index in [0.29, 0.717) is 42.9 Å². The van der Waals surface area contributed by atoms with Crippen molar-refractivity contribution in [3.63, 3.8) is 0 Å². The molecule has 0 aromatic heterocycles. The molecule has 3 heteroatoms. The maximum atomic E-state index is 13.2. The number of amides is 1. The molecule has 1 unspecified atom stereocenters. The number of Topliss-reactive ketones (excluding diaryl/α,β-unsaturated/α-hetero) is 1. The van der Waals surface area contributed by atoms with Crippen LogP contribution in [0.1, 0.15) is 51.5 Å². The number of benzene rings is 1. The summed E-state index contributed by atoms with van der Waals surface area (Å²) in [7, 11) is 0. The smallest absolute Gasteiger partial charge is 0.223 e. The highest BCUT2D eigenvalue weighted by Crippen LogP contribution is 2.70. The zero-order chi connectivity index (χ0) is 17.4. The van der Waals surface area contributed by atoms with Gasteiger partial charge in [0.1, 0.15) is 5.78 Å². The Morgan fingerprint density at radius 1 is 1.12 bits per heavy atom. The van der Waals surface area contributed by atoms with E-state index in [1.54, 1.807) is 0 Å². The summed E-state index contributed by atoms with van der Waals surface area (Å²) in [5, 5.41) is 0. The maximum Gasteiger partial charge on any atom is 0.223 e. The molecule has 0 bridgehead atoms. The molecule has 1 heterocycles. The van der Waals surface area contributed by atoms with Crippen molar-refractivity contribution in [1.29, 1.82) is 0 Å². The van der Waals surface area contributed by atoms with Gasteiger partial charge in [0.15, 0.2) is 0 Å². The van der Waals surface area contributed by atoms with Crippen molar-refractivity contribution in [3.8, 4) is 0 Å². The van der Waals surface area contributed by atoms with Gasteiger partial charge in [0.25, 0.3) is 0 Å². The molecule has 1 aromatic rings. The number of piperidine rings is 1. The molecule has 5 rings (SSSR count). The Morgan fingerprint density at radius 3 is 2.64 bits per heavy atom. The number of carbonyl (C=O) groups is 2. The summed E-state index contributed by atoms with van der Waals surface area (Å²) in [6.45, 7) is 5.09. The largest absolute Gasteiger partial charge is 0.332 e. The number of fused-ring (bicyclic) bond motifs is 1. The molecule has 1 amide bonds. The number of hydrogen-bond donors (Lipinski definition) is 0. The minimum atomic E-state index is -0.199. The van der Waals surface area contributed by atoms with Crippen molar-refractivity contribution in [2.45, 2.75) is 58.0 Å². The fourth-order valence-electron chi connectivity index (χ4n) is 7.12. The van der Waals surface area contributed by atoms with Crippen LogP contribution in [0.3, 0.4) is 0 Å². The summed E-state index contributed by atoms with van der Waals surface area (Å²) >= 11 is 0. The monoisotopic (exact) mass is 337 g/mol. The zero-order valence-electron chi connectivity index (χ0n) is 15.2. The summed E-state index contributed by atoms with van der Waals surface area (Å²) in [4.78, 5) is 28.4. The molecule has 5 atom stereocenters. The quantitative estimate of drug-likeness (QED) is 0.823. The summed E-state index contributed by atoms with van der Waals surface area (Å²) in [6.07, 6.45) is 4.66. The van der Waals surface area contributed by atoms with Gasteiger partial charge < -0.3 is 4.90 Å². The molecule has 1 aromatic carbocycles. The number of likely N-dealkylation sites (tertiary alicyclic amines) is 1. The van der Waals surface area contributed by atoms with E-state index in [1.807, 2.05) is 18.2 Å². The molecular weight excluding hydrogens is 310 g/mol. The molecule has 3 saturated carbocycles. The first-order chi connectivity index (χ1) is 11.9. The highest BCUT2D eigenvalue weighted by molar-refractivity contribution is 5.89. The summed E-state index contributed by atoms with van der Waals surface area (Å²) in [5.74, 6) is 2.42. The predicted molar refractivity (Wildman–Crippen MR) is 95.6 cm³/mol. The van der Waals surface area contributed by atoms with Gasteiger partial charge in [0.05, 0.1) is 5.54 Å². The first-order valence-electron chi connectivity index (χ1n) is 9.79. The normalized spacial score (nSPS) is 41.1. The zero-order valence-corrected chi connectivity index (χ0v) is 15.2. The van der Waals surface area contributed by atoms with Crippen LogP contribution in [0.5, 0.6) is 0 Å². The standard InChI is InChI=1S/C22H27NO2/c1-21(2)11-17(24)20-16-9-8-15-10-18(25)23(22(20,13-21)19(15)16)12-14-6-4-3-5-7-14/h3-7,15-16,19-20H,8-13H2,1-2H3/t15?,16-,19+,20-,22+/m0/s1. The molecule has 1 aliphatic heterocycles. The lowest BCUT2D eigenvalue weighted by atomic mass is 9.41. The fourth-order valence-corrected chi connectivity index (χ4v) is 7.12. The molecule has 0 N–H and O–H groups in total. The van der Waals surface area contributed by atoms with Crippen LogP contribution in [-0.4, -0.2) is 22.1 Å². The van der Waals surface area contributed by atoms with Crippen LogP contribution in [0.2, 0.25) is 0 Å². The number of carbonyl (C=O) groups excluding carboxylic acids is 2. The Balaban J connectivity index is 1.60. The van der Waals surface area contributed by atoms with Crippen molar-refractivity contribution < 1.29 is 9.59 Å². The van der Waals surface area contributed by atoms with Gasteiger partial charge in [0.2, 0.25) is 5.91 Å². The maximum absolute atomic E-state index is 13.2. The molecule has 1 spiro atoms. The lowest BCUT2D eigenvalue weighted by Gasteiger charge is -2.70. The molecule has 3 nitrogen and oxygen atoms in total. The lowest BCUT2D eigenvalue weighted by Crippen LogP contribution is -2.78. The topological polar surface area (TPSA) is 37.4 Å². The van der Waals surface area contributed by atoms with Crippen LogP contribution in [-0.2, 0) is 16.1 Å². The second-order valence-corrected chi connectivity index (χ2v) is 9.65. The minimum Gasteiger partial charge on any atom is -0.332 e. The van der Waals surface area contributed by atoms with E-state index < -0.39 is 0 Å². The van der Waals surface area contributed by atoms with E-state index in [2.05, 4.69) is 30.9 Å². The summed E-state index contributed by atoms with van der Waals surface area (Å²) < 4.78 is 0. The van der Waals surface area contributed by atoms with Crippen LogP contribution in [0.4, 0.5) is 0 Å². The van der Waals surface area contributed by atoms with Gasteiger partial charge in [-0.05, 0) is 48.0 Å². The second kappa shape index (κ2) is 4.96. The Hall–Kier alpha value is -1.64. The van der Waals surface area contributed by atoms with Crippen LogP contribution < -0.4 is 0 Å². The second-order valence-electron chi connectivity index (χ2n) is 9.65. The van der Waals surface area contributed by atoms with Gasteiger partial charge in [-0.3, -0.25) is 9.59 Å². The number of nitrogens with zero attached hydrogens (tertiary/aromatic N) is 1. The molecule has 4 fully saturated rings. The van der Waals surface area contributed by atoms with Crippen molar-refractivity contribution in [2.75, 3.05) is 0 Å². The predicted octanol–water partition coefficient (Wildman–Crippen LogP) is 3.82. The third-order valence-corrected chi connectivity index (χ3v) is 7.57. The number of hydrogen-bond acceptors (Lipinski definition) is 2. The average molecular weight is 337 g/mol. The van der Waals surface area contributed by atoms with Crippen molar-refractivity contribution in [2.24, 2.45) is 29.1 Å². The van der Waals surface area contributed by atoms with Gasteiger partial charge in [-0.15, -0.1) is 0 Å². The van der Waals surface area contributed by atoms with Crippen LogP contribution in [0.15, 0.2) is 30.3 Å². The molecule has 0 radical (unpaired) electrons. The lowest BCUT2D eigenvalue weighted by molar-refractivity contribution is -0.215. The van der Waals surface area contributed by atoms with E-state index in [1.165, 1.54) is 5.56 Å². The van der Waals surface area contributed by atoms with E-state index in [-0.39, 0.29) is 22.8 Å². The molecule has 25 heavy (non-hydrogen) atoms. The van der Waals surface area contributed by atoms with Crippen LogP contribution >= 0.6 is 0 Å². The first kappa shape index (κ1) is 15.6. The molecule has 1 saturated heterocycles. The summed E-state index contributed by atoms with van der Waals surface area (Å²) in [5.41, 5.74) is 0.980. The highest BCUT2D eigenvalue weighted by atomic mass is 16.2.